The minimum Gasteiger partial charge on any atom is -0.320 e. The number of aromatic nitrogens is 2. The highest BCUT2D eigenvalue weighted by atomic mass is 32.1. The number of carbonyl (C=O) groups excluding carboxylic acids is 1. The molecule has 0 aliphatic heterocycles. The molecule has 106 valence electrons. The second-order valence-corrected chi connectivity index (χ2v) is 6.18. The van der Waals surface area contributed by atoms with E-state index in [4.69, 9.17) is 0 Å². The van der Waals surface area contributed by atoms with Crippen molar-refractivity contribution in [2.75, 3.05) is 5.32 Å². The molecule has 0 unspecified atom stereocenters. The number of hydrogen-bond acceptors (Lipinski definition) is 4. The smallest absolute Gasteiger partial charge is 0.282 e. The molecule has 1 fully saturated rings. The standard InChI is InChI=1S/C14H17N3O2S/c1-8-7-20-14-15-9(2)11(13(19)17(8)14)16-12(18)10-5-3-4-6-10/h7,10H,3-6H2,1-2H3,(H,16,18). The van der Waals surface area contributed by atoms with E-state index in [0.717, 1.165) is 31.4 Å². The van der Waals surface area contributed by atoms with Gasteiger partial charge < -0.3 is 5.32 Å². The molecule has 0 radical (unpaired) electrons. The predicted molar refractivity (Wildman–Crippen MR) is 79.4 cm³/mol. The fourth-order valence-electron chi connectivity index (χ4n) is 2.74. The van der Waals surface area contributed by atoms with E-state index in [2.05, 4.69) is 10.3 Å². The van der Waals surface area contributed by atoms with E-state index in [1.807, 2.05) is 12.3 Å². The summed E-state index contributed by atoms with van der Waals surface area (Å²) in [5, 5.41) is 4.69. The van der Waals surface area contributed by atoms with Gasteiger partial charge in [0.1, 0.15) is 5.69 Å². The molecule has 2 heterocycles. The maximum Gasteiger partial charge on any atom is 0.282 e. The SMILES string of the molecule is Cc1nc2scc(C)n2c(=O)c1NC(=O)C1CCCC1. The van der Waals surface area contributed by atoms with Gasteiger partial charge in [-0.1, -0.05) is 12.8 Å². The first-order valence-corrected chi connectivity index (χ1v) is 7.74. The van der Waals surface area contributed by atoms with E-state index in [0.29, 0.717) is 16.3 Å². The molecule has 1 amide bonds. The van der Waals surface area contributed by atoms with E-state index in [1.165, 1.54) is 11.3 Å². The van der Waals surface area contributed by atoms with Crippen LogP contribution in [0.1, 0.15) is 37.1 Å². The van der Waals surface area contributed by atoms with Gasteiger partial charge in [0.2, 0.25) is 5.91 Å². The average Bonchev–Trinajstić information content (AvgIpc) is 3.04. The molecule has 2 aromatic rings. The fraction of sp³-hybridized carbons (Fsp3) is 0.500. The number of hydrogen-bond donors (Lipinski definition) is 1. The van der Waals surface area contributed by atoms with Crippen LogP contribution in [0.3, 0.4) is 0 Å². The molecular weight excluding hydrogens is 274 g/mol. The summed E-state index contributed by atoms with van der Waals surface area (Å²) >= 11 is 1.43. The highest BCUT2D eigenvalue weighted by Gasteiger charge is 2.24. The minimum atomic E-state index is -0.183. The van der Waals surface area contributed by atoms with Gasteiger partial charge >= 0.3 is 0 Å². The van der Waals surface area contributed by atoms with Crippen molar-refractivity contribution in [3.63, 3.8) is 0 Å². The summed E-state index contributed by atoms with van der Waals surface area (Å²) < 4.78 is 1.56. The zero-order valence-corrected chi connectivity index (χ0v) is 12.4. The maximum absolute atomic E-state index is 12.5. The van der Waals surface area contributed by atoms with Gasteiger partial charge in [-0.25, -0.2) is 4.98 Å². The number of anilines is 1. The van der Waals surface area contributed by atoms with Crippen LogP contribution in [0.5, 0.6) is 0 Å². The number of rotatable bonds is 2. The normalized spacial score (nSPS) is 15.9. The van der Waals surface area contributed by atoms with Gasteiger partial charge in [-0.05, 0) is 26.7 Å². The molecule has 0 bridgehead atoms. The Kier molecular flexibility index (Phi) is 3.33. The number of carbonyl (C=O) groups is 1. The fourth-order valence-corrected chi connectivity index (χ4v) is 3.64. The van der Waals surface area contributed by atoms with E-state index < -0.39 is 0 Å². The van der Waals surface area contributed by atoms with Crippen molar-refractivity contribution >= 4 is 27.9 Å². The van der Waals surface area contributed by atoms with Crippen LogP contribution in [-0.2, 0) is 4.79 Å². The average molecular weight is 291 g/mol. The lowest BCUT2D eigenvalue weighted by atomic mass is 10.1. The molecule has 0 spiro atoms. The Morgan fingerprint density at radius 1 is 1.40 bits per heavy atom. The van der Waals surface area contributed by atoms with Crippen LogP contribution in [0.25, 0.3) is 4.96 Å². The summed E-state index contributed by atoms with van der Waals surface area (Å²) in [6, 6.07) is 0. The van der Waals surface area contributed by atoms with E-state index in [9.17, 15) is 9.59 Å². The third-order valence-corrected chi connectivity index (χ3v) is 4.84. The maximum atomic E-state index is 12.5. The van der Waals surface area contributed by atoms with Crippen molar-refractivity contribution in [1.29, 1.82) is 0 Å². The zero-order chi connectivity index (χ0) is 14.3. The van der Waals surface area contributed by atoms with Crippen LogP contribution in [0.2, 0.25) is 0 Å². The summed E-state index contributed by atoms with van der Waals surface area (Å²) in [6.45, 7) is 3.63. The molecular formula is C14H17N3O2S. The monoisotopic (exact) mass is 291 g/mol. The second-order valence-electron chi connectivity index (χ2n) is 5.34. The Balaban J connectivity index is 2.00. The van der Waals surface area contributed by atoms with Crippen molar-refractivity contribution in [2.24, 2.45) is 5.92 Å². The van der Waals surface area contributed by atoms with Crippen LogP contribution < -0.4 is 10.9 Å². The van der Waals surface area contributed by atoms with Crippen molar-refractivity contribution < 1.29 is 4.79 Å². The molecule has 3 rings (SSSR count). The van der Waals surface area contributed by atoms with Gasteiger partial charge in [0.15, 0.2) is 4.96 Å². The Labute approximate surface area is 120 Å². The Morgan fingerprint density at radius 2 is 2.10 bits per heavy atom. The molecule has 5 nitrogen and oxygen atoms in total. The van der Waals surface area contributed by atoms with Crippen molar-refractivity contribution in [3.8, 4) is 0 Å². The van der Waals surface area contributed by atoms with E-state index in [-0.39, 0.29) is 17.4 Å². The quantitative estimate of drug-likeness (QED) is 0.924. The summed E-state index contributed by atoms with van der Waals surface area (Å²) in [5.41, 5.74) is 1.57. The largest absolute Gasteiger partial charge is 0.320 e. The second kappa shape index (κ2) is 5.01. The van der Waals surface area contributed by atoms with Gasteiger partial charge in [0.25, 0.3) is 5.56 Å². The molecule has 1 saturated carbocycles. The third-order valence-electron chi connectivity index (χ3n) is 3.90. The number of thiazole rings is 1. The molecule has 1 aliphatic carbocycles. The van der Waals surface area contributed by atoms with Gasteiger partial charge in [0, 0.05) is 17.0 Å². The van der Waals surface area contributed by atoms with Crippen molar-refractivity contribution in [1.82, 2.24) is 9.38 Å². The Bertz CT molecular complexity index is 726. The summed E-state index contributed by atoms with van der Waals surface area (Å²) in [5.74, 6) is -0.00426. The molecule has 1 N–H and O–H groups in total. The third kappa shape index (κ3) is 2.14. The van der Waals surface area contributed by atoms with Gasteiger partial charge in [-0.15, -0.1) is 11.3 Å². The van der Waals surface area contributed by atoms with Crippen LogP contribution in [-0.4, -0.2) is 15.3 Å². The van der Waals surface area contributed by atoms with Gasteiger partial charge in [-0.3, -0.25) is 14.0 Å². The molecule has 0 saturated heterocycles. The summed E-state index contributed by atoms with van der Waals surface area (Å²) in [4.78, 5) is 29.8. The Morgan fingerprint density at radius 3 is 2.80 bits per heavy atom. The number of fused-ring (bicyclic) bond motifs is 1. The summed E-state index contributed by atoms with van der Waals surface area (Å²) in [6.07, 6.45) is 4.02. The molecule has 0 atom stereocenters. The Hall–Kier alpha value is -1.69. The zero-order valence-electron chi connectivity index (χ0n) is 11.6. The van der Waals surface area contributed by atoms with Crippen LogP contribution in [0.15, 0.2) is 10.2 Å². The highest BCUT2D eigenvalue weighted by Crippen LogP contribution is 2.26. The van der Waals surface area contributed by atoms with E-state index in [1.54, 1.807) is 11.3 Å². The van der Waals surface area contributed by atoms with Crippen molar-refractivity contribution in [2.45, 2.75) is 39.5 Å². The lowest BCUT2D eigenvalue weighted by Gasteiger charge is -2.11. The first-order valence-electron chi connectivity index (χ1n) is 6.86. The summed E-state index contributed by atoms with van der Waals surface area (Å²) in [7, 11) is 0. The van der Waals surface area contributed by atoms with Gasteiger partial charge in [0.05, 0.1) is 5.69 Å². The number of nitrogens with one attached hydrogen (secondary N) is 1. The number of amides is 1. The van der Waals surface area contributed by atoms with Gasteiger partial charge in [-0.2, -0.15) is 0 Å². The highest BCUT2D eigenvalue weighted by molar-refractivity contribution is 7.15. The lowest BCUT2D eigenvalue weighted by molar-refractivity contribution is -0.119. The van der Waals surface area contributed by atoms with Crippen LogP contribution in [0, 0.1) is 19.8 Å². The number of nitrogens with zero attached hydrogens (tertiary/aromatic N) is 2. The minimum absolute atomic E-state index is 0.0399. The molecule has 2 aromatic heterocycles. The first kappa shape index (κ1) is 13.3. The van der Waals surface area contributed by atoms with E-state index >= 15 is 0 Å². The number of aryl methyl sites for hydroxylation is 2. The first-order chi connectivity index (χ1) is 9.58. The molecule has 1 aliphatic rings. The van der Waals surface area contributed by atoms with Crippen molar-refractivity contribution in [3.05, 3.63) is 27.1 Å². The predicted octanol–water partition coefficient (Wildman–Crippen LogP) is 2.50. The molecule has 6 heteroatoms. The van der Waals surface area contributed by atoms with Crippen LogP contribution >= 0.6 is 11.3 Å². The van der Waals surface area contributed by atoms with Crippen LogP contribution in [0.4, 0.5) is 5.69 Å². The lowest BCUT2D eigenvalue weighted by Crippen LogP contribution is -2.28. The molecule has 0 aromatic carbocycles. The molecule has 20 heavy (non-hydrogen) atoms. The topological polar surface area (TPSA) is 63.5 Å².